The Morgan fingerprint density at radius 2 is 2.13 bits per heavy atom. The average molecular weight is 208 g/mol. The molecule has 82 valence electrons. The van der Waals surface area contributed by atoms with Crippen molar-refractivity contribution in [2.45, 2.75) is 25.4 Å². The maximum absolute atomic E-state index is 8.86. The summed E-state index contributed by atoms with van der Waals surface area (Å²) in [6, 6.07) is 5.80. The van der Waals surface area contributed by atoms with Gasteiger partial charge in [-0.25, -0.2) is 0 Å². The highest BCUT2D eigenvalue weighted by molar-refractivity contribution is 5.43. The van der Waals surface area contributed by atoms with Gasteiger partial charge in [0, 0.05) is 6.61 Å². The lowest BCUT2D eigenvalue weighted by atomic mass is 10.1. The quantitative estimate of drug-likeness (QED) is 0.801. The van der Waals surface area contributed by atoms with Gasteiger partial charge >= 0.3 is 0 Å². The molecule has 1 aliphatic rings. The van der Waals surface area contributed by atoms with Crippen LogP contribution < -0.4 is 9.47 Å². The van der Waals surface area contributed by atoms with Crippen LogP contribution in [-0.2, 0) is 6.42 Å². The third-order valence-electron chi connectivity index (χ3n) is 2.45. The molecule has 3 nitrogen and oxygen atoms in total. The van der Waals surface area contributed by atoms with Crippen LogP contribution in [0.5, 0.6) is 11.5 Å². The molecule has 3 heteroatoms. The molecule has 1 N–H and O–H groups in total. The molecule has 0 unspecified atom stereocenters. The molecule has 1 fully saturated rings. The van der Waals surface area contributed by atoms with E-state index in [-0.39, 0.29) is 6.61 Å². The van der Waals surface area contributed by atoms with E-state index in [0.29, 0.717) is 12.5 Å². The molecule has 0 radical (unpaired) electrons. The Hall–Kier alpha value is -1.22. The van der Waals surface area contributed by atoms with E-state index < -0.39 is 0 Å². The number of benzene rings is 1. The topological polar surface area (TPSA) is 38.7 Å². The normalized spacial score (nSPS) is 15.1. The molecule has 2 rings (SSSR count). The van der Waals surface area contributed by atoms with Gasteiger partial charge in [-0.2, -0.15) is 0 Å². The van der Waals surface area contributed by atoms with Gasteiger partial charge in [-0.05, 0) is 37.0 Å². The van der Waals surface area contributed by atoms with Crippen molar-refractivity contribution in [2.24, 2.45) is 0 Å². The second-order valence-electron chi connectivity index (χ2n) is 3.78. The van der Waals surface area contributed by atoms with Crippen LogP contribution in [0.2, 0.25) is 0 Å². The summed E-state index contributed by atoms with van der Waals surface area (Å²) >= 11 is 0. The van der Waals surface area contributed by atoms with Crippen molar-refractivity contribution in [1.82, 2.24) is 0 Å². The highest BCUT2D eigenvalue weighted by atomic mass is 16.5. The van der Waals surface area contributed by atoms with Crippen molar-refractivity contribution in [3.8, 4) is 11.5 Å². The number of aliphatic hydroxyl groups excluding tert-OH is 1. The molecule has 15 heavy (non-hydrogen) atoms. The van der Waals surface area contributed by atoms with Gasteiger partial charge < -0.3 is 14.6 Å². The summed E-state index contributed by atoms with van der Waals surface area (Å²) < 4.78 is 10.9. The Kier molecular flexibility index (Phi) is 3.11. The lowest BCUT2D eigenvalue weighted by Gasteiger charge is -2.11. The van der Waals surface area contributed by atoms with Gasteiger partial charge in [0.1, 0.15) is 0 Å². The maximum Gasteiger partial charge on any atom is 0.161 e. The first-order valence-electron chi connectivity index (χ1n) is 5.28. The van der Waals surface area contributed by atoms with E-state index in [1.807, 2.05) is 18.2 Å². The van der Waals surface area contributed by atoms with Crippen molar-refractivity contribution >= 4 is 0 Å². The van der Waals surface area contributed by atoms with Crippen LogP contribution in [-0.4, -0.2) is 24.9 Å². The van der Waals surface area contributed by atoms with Gasteiger partial charge in [-0.15, -0.1) is 0 Å². The lowest BCUT2D eigenvalue weighted by molar-refractivity contribution is 0.280. The summed E-state index contributed by atoms with van der Waals surface area (Å²) in [7, 11) is 1.64. The predicted molar refractivity (Wildman–Crippen MR) is 57.4 cm³/mol. The van der Waals surface area contributed by atoms with Crippen molar-refractivity contribution in [1.29, 1.82) is 0 Å². The summed E-state index contributed by atoms with van der Waals surface area (Å²) in [6.07, 6.45) is 3.29. The Morgan fingerprint density at radius 1 is 1.33 bits per heavy atom. The van der Waals surface area contributed by atoms with Crippen LogP contribution in [0.4, 0.5) is 0 Å². The van der Waals surface area contributed by atoms with Crippen molar-refractivity contribution in [2.75, 3.05) is 13.7 Å². The Labute approximate surface area is 89.6 Å². The second kappa shape index (κ2) is 4.53. The molecule has 0 saturated heterocycles. The Balaban J connectivity index is 2.16. The first-order chi connectivity index (χ1) is 7.33. The second-order valence-corrected chi connectivity index (χ2v) is 3.78. The van der Waals surface area contributed by atoms with Crippen molar-refractivity contribution < 1.29 is 14.6 Å². The van der Waals surface area contributed by atoms with Crippen LogP contribution in [0.1, 0.15) is 18.4 Å². The molecule has 0 aromatic heterocycles. The van der Waals surface area contributed by atoms with E-state index in [9.17, 15) is 0 Å². The number of aliphatic hydroxyl groups is 1. The van der Waals surface area contributed by atoms with Gasteiger partial charge in [0.15, 0.2) is 11.5 Å². The van der Waals surface area contributed by atoms with Gasteiger partial charge in [-0.1, -0.05) is 6.07 Å². The fraction of sp³-hybridized carbons (Fsp3) is 0.500. The molecule has 0 atom stereocenters. The van der Waals surface area contributed by atoms with Crippen LogP contribution in [0.15, 0.2) is 18.2 Å². The molecule has 0 bridgehead atoms. The summed E-state index contributed by atoms with van der Waals surface area (Å²) in [4.78, 5) is 0. The third-order valence-corrected chi connectivity index (χ3v) is 2.45. The number of methoxy groups -OCH3 is 1. The fourth-order valence-electron chi connectivity index (χ4n) is 1.46. The standard InChI is InChI=1S/C12H16O3/c1-14-11-5-2-9(6-7-13)8-12(11)15-10-3-4-10/h2,5,8,10,13H,3-4,6-7H2,1H3. The molecule has 1 aromatic carbocycles. The molecule has 1 aliphatic carbocycles. The van der Waals surface area contributed by atoms with Crippen LogP contribution >= 0.6 is 0 Å². The number of rotatable bonds is 5. The molecule has 1 saturated carbocycles. The van der Waals surface area contributed by atoms with E-state index in [2.05, 4.69) is 0 Å². The molecule has 1 aromatic rings. The Bertz CT molecular complexity index is 332. The Morgan fingerprint density at radius 3 is 2.73 bits per heavy atom. The maximum atomic E-state index is 8.86. The predicted octanol–water partition coefficient (Wildman–Crippen LogP) is 1.77. The van der Waals surface area contributed by atoms with Crippen LogP contribution in [0.3, 0.4) is 0 Å². The first kappa shape index (κ1) is 10.3. The number of hydrogen-bond donors (Lipinski definition) is 1. The molecule has 0 aliphatic heterocycles. The highest BCUT2D eigenvalue weighted by Gasteiger charge is 2.24. The smallest absolute Gasteiger partial charge is 0.161 e. The minimum atomic E-state index is 0.162. The van der Waals surface area contributed by atoms with E-state index in [1.54, 1.807) is 7.11 Å². The molecular formula is C12H16O3. The molecule has 0 amide bonds. The average Bonchev–Trinajstić information content (AvgIpc) is 3.03. The van der Waals surface area contributed by atoms with Crippen LogP contribution in [0.25, 0.3) is 0 Å². The monoisotopic (exact) mass is 208 g/mol. The van der Waals surface area contributed by atoms with Gasteiger partial charge in [0.2, 0.25) is 0 Å². The zero-order valence-corrected chi connectivity index (χ0v) is 8.90. The largest absolute Gasteiger partial charge is 0.493 e. The SMILES string of the molecule is COc1ccc(CCO)cc1OC1CC1. The summed E-state index contributed by atoms with van der Waals surface area (Å²) in [5, 5.41) is 8.86. The van der Waals surface area contributed by atoms with E-state index >= 15 is 0 Å². The van der Waals surface area contributed by atoms with E-state index in [1.165, 1.54) is 0 Å². The third kappa shape index (κ3) is 2.63. The van der Waals surface area contributed by atoms with Crippen molar-refractivity contribution in [3.63, 3.8) is 0 Å². The van der Waals surface area contributed by atoms with Crippen LogP contribution in [0, 0.1) is 0 Å². The summed E-state index contributed by atoms with van der Waals surface area (Å²) in [5.41, 5.74) is 1.08. The lowest BCUT2D eigenvalue weighted by Crippen LogP contribution is -2.00. The highest BCUT2D eigenvalue weighted by Crippen LogP contribution is 2.34. The summed E-state index contributed by atoms with van der Waals surface area (Å²) in [5.74, 6) is 1.56. The zero-order valence-electron chi connectivity index (χ0n) is 8.90. The fourth-order valence-corrected chi connectivity index (χ4v) is 1.46. The van der Waals surface area contributed by atoms with Gasteiger partial charge in [0.05, 0.1) is 13.2 Å². The van der Waals surface area contributed by atoms with Gasteiger partial charge in [-0.3, -0.25) is 0 Å². The molecular weight excluding hydrogens is 192 g/mol. The zero-order chi connectivity index (χ0) is 10.7. The van der Waals surface area contributed by atoms with Gasteiger partial charge in [0.25, 0.3) is 0 Å². The molecule has 0 heterocycles. The summed E-state index contributed by atoms with van der Waals surface area (Å²) in [6.45, 7) is 0.162. The van der Waals surface area contributed by atoms with Crippen molar-refractivity contribution in [3.05, 3.63) is 23.8 Å². The van der Waals surface area contributed by atoms with E-state index in [0.717, 1.165) is 29.9 Å². The molecule has 0 spiro atoms. The minimum absolute atomic E-state index is 0.162. The van der Waals surface area contributed by atoms with E-state index in [4.69, 9.17) is 14.6 Å². The number of hydrogen-bond acceptors (Lipinski definition) is 3. The number of ether oxygens (including phenoxy) is 2. The minimum Gasteiger partial charge on any atom is -0.493 e. The first-order valence-corrected chi connectivity index (χ1v) is 5.28.